The van der Waals surface area contributed by atoms with Crippen LogP contribution in [-0.4, -0.2) is 48.1 Å². The third-order valence-corrected chi connectivity index (χ3v) is 5.91. The summed E-state index contributed by atoms with van der Waals surface area (Å²) in [6.45, 7) is 10.3. The van der Waals surface area contributed by atoms with Crippen LogP contribution in [0.5, 0.6) is 0 Å². The predicted molar refractivity (Wildman–Crippen MR) is 81.4 cm³/mol. The number of hydrogen-bond donors (Lipinski definition) is 0. The van der Waals surface area contributed by atoms with Crippen LogP contribution in [0.2, 0.25) is 0 Å². The Morgan fingerprint density at radius 2 is 1.95 bits per heavy atom. The summed E-state index contributed by atoms with van der Waals surface area (Å²) in [5.41, 5.74) is 0. The molecule has 0 N–H and O–H groups in total. The second-order valence-electron chi connectivity index (χ2n) is 7.44. The highest BCUT2D eigenvalue weighted by Crippen LogP contribution is 2.32. The lowest BCUT2D eigenvalue weighted by Crippen LogP contribution is -2.56. The zero-order valence-electron chi connectivity index (χ0n) is 13.0. The molecule has 3 fully saturated rings. The van der Waals surface area contributed by atoms with E-state index in [1.807, 2.05) is 0 Å². The number of piperazine rings is 1. The van der Waals surface area contributed by atoms with Gasteiger partial charge in [-0.05, 0) is 50.5 Å². The first-order valence-corrected chi connectivity index (χ1v) is 8.74. The van der Waals surface area contributed by atoms with E-state index in [0.717, 1.165) is 23.9 Å². The molecule has 2 aliphatic heterocycles. The molecule has 4 atom stereocenters. The van der Waals surface area contributed by atoms with Crippen molar-refractivity contribution in [3.05, 3.63) is 0 Å². The first-order valence-electron chi connectivity index (χ1n) is 8.74. The summed E-state index contributed by atoms with van der Waals surface area (Å²) in [4.78, 5) is 5.64. The monoisotopic (exact) mass is 264 g/mol. The highest BCUT2D eigenvalue weighted by Gasteiger charge is 2.36. The standard InChI is InChI=1S/C17H32N2/c1-3-16-12-18-9-5-8-17(18)13-19(16)11-15-7-4-6-14(2)10-15/h14-17H,3-13H2,1-2H3. The molecule has 3 rings (SSSR count). The molecule has 19 heavy (non-hydrogen) atoms. The van der Waals surface area contributed by atoms with Gasteiger partial charge in [0.15, 0.2) is 0 Å². The molecule has 0 spiro atoms. The zero-order chi connectivity index (χ0) is 13.2. The maximum absolute atomic E-state index is 2.87. The molecule has 2 nitrogen and oxygen atoms in total. The van der Waals surface area contributed by atoms with Gasteiger partial charge in [0.25, 0.3) is 0 Å². The molecule has 0 bridgehead atoms. The molecule has 0 aromatic rings. The SMILES string of the molecule is CCC1CN2CCCC2CN1CC1CCCC(C)C1. The van der Waals surface area contributed by atoms with Crippen molar-refractivity contribution in [3.63, 3.8) is 0 Å². The van der Waals surface area contributed by atoms with Crippen LogP contribution in [-0.2, 0) is 0 Å². The Labute approximate surface area is 119 Å². The van der Waals surface area contributed by atoms with E-state index in [2.05, 4.69) is 23.6 Å². The van der Waals surface area contributed by atoms with Crippen molar-refractivity contribution in [3.8, 4) is 0 Å². The molecule has 1 aliphatic carbocycles. The van der Waals surface area contributed by atoms with E-state index in [9.17, 15) is 0 Å². The molecule has 0 aromatic heterocycles. The van der Waals surface area contributed by atoms with Gasteiger partial charge in [0.05, 0.1) is 0 Å². The predicted octanol–water partition coefficient (Wildman–Crippen LogP) is 3.37. The summed E-state index contributed by atoms with van der Waals surface area (Å²) in [6.07, 6.45) is 10.2. The van der Waals surface area contributed by atoms with E-state index >= 15 is 0 Å². The lowest BCUT2D eigenvalue weighted by molar-refractivity contribution is 0.0312. The van der Waals surface area contributed by atoms with E-state index in [-0.39, 0.29) is 0 Å². The third kappa shape index (κ3) is 3.16. The minimum Gasteiger partial charge on any atom is -0.298 e. The van der Waals surface area contributed by atoms with Crippen molar-refractivity contribution >= 4 is 0 Å². The molecule has 3 aliphatic rings. The molecular weight excluding hydrogens is 232 g/mol. The van der Waals surface area contributed by atoms with Crippen molar-refractivity contribution in [1.29, 1.82) is 0 Å². The minimum atomic E-state index is 0.839. The maximum atomic E-state index is 2.87. The summed E-state index contributed by atoms with van der Waals surface area (Å²) >= 11 is 0. The zero-order valence-corrected chi connectivity index (χ0v) is 13.0. The fourth-order valence-electron chi connectivity index (χ4n) is 4.82. The first kappa shape index (κ1) is 13.9. The molecule has 1 saturated carbocycles. The van der Waals surface area contributed by atoms with Crippen molar-refractivity contribution in [2.75, 3.05) is 26.2 Å². The van der Waals surface area contributed by atoms with Crippen molar-refractivity contribution in [2.24, 2.45) is 11.8 Å². The van der Waals surface area contributed by atoms with Crippen LogP contribution in [0.1, 0.15) is 58.8 Å². The number of nitrogens with zero attached hydrogens (tertiary/aromatic N) is 2. The quantitative estimate of drug-likeness (QED) is 0.771. The normalized spacial score (nSPS) is 41.4. The first-order chi connectivity index (χ1) is 9.26. The van der Waals surface area contributed by atoms with Gasteiger partial charge in [0.1, 0.15) is 0 Å². The molecule has 0 aromatic carbocycles. The van der Waals surface area contributed by atoms with E-state index in [0.29, 0.717) is 0 Å². The van der Waals surface area contributed by atoms with E-state index in [4.69, 9.17) is 0 Å². The molecule has 2 heterocycles. The van der Waals surface area contributed by atoms with Crippen LogP contribution < -0.4 is 0 Å². The van der Waals surface area contributed by atoms with Crippen molar-refractivity contribution in [2.45, 2.75) is 70.9 Å². The summed E-state index contributed by atoms with van der Waals surface area (Å²) in [7, 11) is 0. The highest BCUT2D eigenvalue weighted by atomic mass is 15.3. The minimum absolute atomic E-state index is 0.839. The summed E-state index contributed by atoms with van der Waals surface area (Å²) in [5, 5.41) is 0. The van der Waals surface area contributed by atoms with Crippen molar-refractivity contribution < 1.29 is 0 Å². The molecule has 4 unspecified atom stereocenters. The average molecular weight is 264 g/mol. The van der Waals surface area contributed by atoms with Crippen LogP contribution in [0, 0.1) is 11.8 Å². The van der Waals surface area contributed by atoms with Gasteiger partial charge in [-0.2, -0.15) is 0 Å². The average Bonchev–Trinajstić information content (AvgIpc) is 2.85. The highest BCUT2D eigenvalue weighted by molar-refractivity contribution is 4.92. The molecule has 2 saturated heterocycles. The summed E-state index contributed by atoms with van der Waals surface area (Å²) in [6, 6.07) is 1.73. The van der Waals surface area contributed by atoms with Gasteiger partial charge in [-0.15, -0.1) is 0 Å². The van der Waals surface area contributed by atoms with Crippen LogP contribution in [0.15, 0.2) is 0 Å². The fourth-order valence-corrected chi connectivity index (χ4v) is 4.82. The van der Waals surface area contributed by atoms with Gasteiger partial charge < -0.3 is 0 Å². The van der Waals surface area contributed by atoms with E-state index < -0.39 is 0 Å². The van der Waals surface area contributed by atoms with Gasteiger partial charge in [0.2, 0.25) is 0 Å². The number of fused-ring (bicyclic) bond motifs is 1. The maximum Gasteiger partial charge on any atom is 0.0224 e. The Bertz CT molecular complexity index is 291. The van der Waals surface area contributed by atoms with Crippen LogP contribution >= 0.6 is 0 Å². The lowest BCUT2D eigenvalue weighted by atomic mass is 9.82. The number of rotatable bonds is 3. The molecule has 2 heteroatoms. The van der Waals surface area contributed by atoms with Gasteiger partial charge in [0, 0.05) is 31.7 Å². The molecule has 110 valence electrons. The van der Waals surface area contributed by atoms with E-state index in [1.54, 1.807) is 0 Å². The molecular formula is C17H32N2. The van der Waals surface area contributed by atoms with Crippen molar-refractivity contribution in [1.82, 2.24) is 9.80 Å². The molecule has 0 radical (unpaired) electrons. The molecule has 0 amide bonds. The Morgan fingerprint density at radius 3 is 2.74 bits per heavy atom. The Balaban J connectivity index is 1.58. The van der Waals surface area contributed by atoms with Gasteiger partial charge in [-0.3, -0.25) is 9.80 Å². The topological polar surface area (TPSA) is 6.48 Å². The van der Waals surface area contributed by atoms with Crippen LogP contribution in [0.3, 0.4) is 0 Å². The van der Waals surface area contributed by atoms with Crippen LogP contribution in [0.4, 0.5) is 0 Å². The number of hydrogen-bond acceptors (Lipinski definition) is 2. The fraction of sp³-hybridized carbons (Fsp3) is 1.00. The Kier molecular flexibility index (Phi) is 4.48. The largest absolute Gasteiger partial charge is 0.298 e. The second kappa shape index (κ2) is 6.13. The van der Waals surface area contributed by atoms with E-state index in [1.165, 1.54) is 71.1 Å². The summed E-state index contributed by atoms with van der Waals surface area (Å²) < 4.78 is 0. The Hall–Kier alpha value is -0.0800. The van der Waals surface area contributed by atoms with Crippen LogP contribution in [0.25, 0.3) is 0 Å². The summed E-state index contributed by atoms with van der Waals surface area (Å²) in [5.74, 6) is 1.97. The van der Waals surface area contributed by atoms with Gasteiger partial charge in [-0.25, -0.2) is 0 Å². The lowest BCUT2D eigenvalue weighted by Gasteiger charge is -2.45. The third-order valence-electron chi connectivity index (χ3n) is 5.91. The van der Waals surface area contributed by atoms with Gasteiger partial charge in [-0.1, -0.05) is 26.7 Å². The van der Waals surface area contributed by atoms with Gasteiger partial charge >= 0.3 is 0 Å². The second-order valence-corrected chi connectivity index (χ2v) is 7.44. The smallest absolute Gasteiger partial charge is 0.0224 e. The Morgan fingerprint density at radius 1 is 1.05 bits per heavy atom.